The van der Waals surface area contributed by atoms with E-state index < -0.39 is 11.4 Å². The predicted molar refractivity (Wildman–Crippen MR) is 63.0 cm³/mol. The second-order valence-electron chi connectivity index (χ2n) is 3.35. The highest BCUT2D eigenvalue weighted by atomic mass is 79.9. The van der Waals surface area contributed by atoms with Gasteiger partial charge in [-0.1, -0.05) is 0 Å². The van der Waals surface area contributed by atoms with Crippen molar-refractivity contribution in [1.82, 2.24) is 5.32 Å². The average Bonchev–Trinajstić information content (AvgIpc) is 2.29. The summed E-state index contributed by atoms with van der Waals surface area (Å²) in [6.07, 6.45) is 0.505. The van der Waals surface area contributed by atoms with Gasteiger partial charge in [0, 0.05) is 0 Å². The molecular weight excluding hydrogens is 293 g/mol. The van der Waals surface area contributed by atoms with Gasteiger partial charge in [0.15, 0.2) is 0 Å². The van der Waals surface area contributed by atoms with Gasteiger partial charge in [0.1, 0.15) is 11.6 Å². The predicted octanol–water partition coefficient (Wildman–Crippen LogP) is 1.94. The van der Waals surface area contributed by atoms with E-state index in [-0.39, 0.29) is 16.4 Å². The van der Waals surface area contributed by atoms with Crippen molar-refractivity contribution >= 4 is 33.1 Å². The van der Waals surface area contributed by atoms with Crippen LogP contribution in [0.15, 0.2) is 31.9 Å². The lowest BCUT2D eigenvalue weighted by Crippen LogP contribution is -2.12. The average molecular weight is 300 g/mol. The number of hydrogen-bond acceptors (Lipinski definition) is 3. The highest BCUT2D eigenvalue weighted by Gasteiger charge is 2.08. The van der Waals surface area contributed by atoms with E-state index in [4.69, 9.17) is 4.42 Å². The lowest BCUT2D eigenvalue weighted by Gasteiger charge is -2.02. The molecule has 0 unspecified atom stereocenters. The molecule has 0 saturated heterocycles. The van der Waals surface area contributed by atoms with E-state index in [0.29, 0.717) is 17.6 Å². The number of amides is 1. The summed E-state index contributed by atoms with van der Waals surface area (Å²) >= 11 is 3.04. The summed E-state index contributed by atoms with van der Waals surface area (Å²) in [7, 11) is 0. The van der Waals surface area contributed by atoms with Crippen LogP contribution in [-0.2, 0) is 11.3 Å². The SMILES string of the molecule is O=CNCc1cc2cc(Br)c(F)cc2c(=O)o1. The molecule has 1 amide bonds. The third-order valence-electron chi connectivity index (χ3n) is 2.21. The number of carbonyl (C=O) groups excluding carboxylic acids is 1. The van der Waals surface area contributed by atoms with E-state index in [9.17, 15) is 14.0 Å². The van der Waals surface area contributed by atoms with Crippen LogP contribution in [0.1, 0.15) is 5.76 Å². The molecule has 1 heterocycles. The van der Waals surface area contributed by atoms with E-state index in [0.717, 1.165) is 6.07 Å². The maximum Gasteiger partial charge on any atom is 0.343 e. The van der Waals surface area contributed by atoms with Gasteiger partial charge in [-0.25, -0.2) is 9.18 Å². The lowest BCUT2D eigenvalue weighted by molar-refractivity contribution is -0.109. The third kappa shape index (κ3) is 2.36. The quantitative estimate of drug-likeness (QED) is 0.881. The number of hydrogen-bond donors (Lipinski definition) is 1. The Morgan fingerprint density at radius 2 is 2.18 bits per heavy atom. The molecule has 1 aromatic heterocycles. The highest BCUT2D eigenvalue weighted by Crippen LogP contribution is 2.22. The van der Waals surface area contributed by atoms with Crippen LogP contribution in [-0.4, -0.2) is 6.41 Å². The van der Waals surface area contributed by atoms with Crippen molar-refractivity contribution in [3.8, 4) is 0 Å². The molecule has 2 rings (SSSR count). The minimum Gasteiger partial charge on any atom is -0.426 e. The summed E-state index contributed by atoms with van der Waals surface area (Å²) in [6, 6.07) is 4.19. The Bertz CT molecular complexity index is 638. The fourth-order valence-electron chi connectivity index (χ4n) is 1.46. The first-order valence-corrected chi connectivity index (χ1v) is 5.50. The third-order valence-corrected chi connectivity index (χ3v) is 2.82. The Kier molecular flexibility index (Phi) is 3.23. The molecule has 0 atom stereocenters. The molecule has 6 heteroatoms. The van der Waals surface area contributed by atoms with Crippen molar-refractivity contribution < 1.29 is 13.6 Å². The lowest BCUT2D eigenvalue weighted by atomic mass is 10.1. The van der Waals surface area contributed by atoms with Gasteiger partial charge in [-0.3, -0.25) is 4.79 Å². The normalized spacial score (nSPS) is 10.5. The Morgan fingerprint density at radius 3 is 2.88 bits per heavy atom. The molecule has 2 aromatic rings. The number of benzene rings is 1. The first kappa shape index (κ1) is 11.8. The molecule has 88 valence electrons. The molecule has 4 nitrogen and oxygen atoms in total. The van der Waals surface area contributed by atoms with Gasteiger partial charge in [-0.05, 0) is 39.5 Å². The summed E-state index contributed by atoms with van der Waals surface area (Å²) in [4.78, 5) is 21.7. The highest BCUT2D eigenvalue weighted by molar-refractivity contribution is 9.10. The zero-order valence-corrected chi connectivity index (χ0v) is 10.1. The number of fused-ring (bicyclic) bond motifs is 1. The van der Waals surface area contributed by atoms with Crippen molar-refractivity contribution in [2.45, 2.75) is 6.54 Å². The zero-order chi connectivity index (χ0) is 12.4. The van der Waals surface area contributed by atoms with Crippen LogP contribution in [0.4, 0.5) is 4.39 Å². The van der Waals surface area contributed by atoms with Gasteiger partial charge in [0.05, 0.1) is 16.4 Å². The molecule has 0 aliphatic rings. The van der Waals surface area contributed by atoms with E-state index >= 15 is 0 Å². The first-order valence-electron chi connectivity index (χ1n) is 4.70. The summed E-state index contributed by atoms with van der Waals surface area (Å²) in [5.74, 6) is -0.211. The van der Waals surface area contributed by atoms with Gasteiger partial charge in [-0.2, -0.15) is 0 Å². The fraction of sp³-hybridized carbons (Fsp3) is 0.0909. The largest absolute Gasteiger partial charge is 0.426 e. The van der Waals surface area contributed by atoms with Crippen LogP contribution in [0, 0.1) is 5.82 Å². The van der Waals surface area contributed by atoms with Crippen molar-refractivity contribution in [3.05, 3.63) is 44.7 Å². The minimum absolute atomic E-state index is 0.115. The van der Waals surface area contributed by atoms with Crippen molar-refractivity contribution in [3.63, 3.8) is 0 Å². The Balaban J connectivity index is 2.60. The van der Waals surface area contributed by atoms with Gasteiger partial charge < -0.3 is 9.73 Å². The molecule has 0 radical (unpaired) electrons. The summed E-state index contributed by atoms with van der Waals surface area (Å²) in [5.41, 5.74) is -0.628. The van der Waals surface area contributed by atoms with Crippen LogP contribution in [0.3, 0.4) is 0 Å². The Hall–Kier alpha value is -1.69. The van der Waals surface area contributed by atoms with Gasteiger partial charge in [0.25, 0.3) is 0 Å². The molecule has 0 aliphatic carbocycles. The first-order chi connectivity index (χ1) is 8.11. The molecule has 0 bridgehead atoms. The number of rotatable bonds is 3. The van der Waals surface area contributed by atoms with Crippen LogP contribution in [0.5, 0.6) is 0 Å². The molecule has 0 saturated carbocycles. The second kappa shape index (κ2) is 4.67. The maximum atomic E-state index is 13.2. The van der Waals surface area contributed by atoms with Crippen molar-refractivity contribution in [1.29, 1.82) is 0 Å². The minimum atomic E-state index is -0.628. The molecule has 0 aliphatic heterocycles. The van der Waals surface area contributed by atoms with Crippen molar-refractivity contribution in [2.24, 2.45) is 0 Å². The van der Waals surface area contributed by atoms with E-state index in [1.807, 2.05) is 0 Å². The summed E-state index contributed by atoms with van der Waals surface area (Å²) in [6.45, 7) is 0.115. The Morgan fingerprint density at radius 1 is 1.41 bits per heavy atom. The van der Waals surface area contributed by atoms with Crippen LogP contribution in [0.25, 0.3) is 10.8 Å². The number of nitrogens with one attached hydrogen (secondary N) is 1. The molecule has 1 N–H and O–H groups in total. The molecule has 0 fully saturated rings. The molecule has 1 aromatic carbocycles. The summed E-state index contributed by atoms with van der Waals surface area (Å²) < 4.78 is 18.4. The van der Waals surface area contributed by atoms with Crippen LogP contribution < -0.4 is 10.9 Å². The van der Waals surface area contributed by atoms with Crippen molar-refractivity contribution in [2.75, 3.05) is 0 Å². The Labute approximate surface area is 104 Å². The van der Waals surface area contributed by atoms with E-state index in [1.54, 1.807) is 6.07 Å². The molecular formula is C11H7BrFNO3. The van der Waals surface area contributed by atoms with Crippen LogP contribution >= 0.6 is 15.9 Å². The standard InChI is InChI=1S/C11H7BrFNO3/c12-9-2-6-1-7(4-14-5-15)17-11(16)8(6)3-10(9)13/h1-3,5H,4H2,(H,14,15). The van der Waals surface area contributed by atoms with Gasteiger partial charge in [0.2, 0.25) is 6.41 Å². The molecule has 17 heavy (non-hydrogen) atoms. The smallest absolute Gasteiger partial charge is 0.343 e. The zero-order valence-electron chi connectivity index (χ0n) is 8.50. The van der Waals surface area contributed by atoms with Crippen LogP contribution in [0.2, 0.25) is 0 Å². The van der Waals surface area contributed by atoms with Gasteiger partial charge >= 0.3 is 5.63 Å². The van der Waals surface area contributed by atoms with E-state index in [1.165, 1.54) is 6.07 Å². The summed E-state index contributed by atoms with van der Waals surface area (Å²) in [5, 5.41) is 3.10. The monoisotopic (exact) mass is 299 g/mol. The molecule has 0 spiro atoms. The van der Waals surface area contributed by atoms with E-state index in [2.05, 4.69) is 21.2 Å². The maximum absolute atomic E-state index is 13.2. The van der Waals surface area contributed by atoms with Gasteiger partial charge in [-0.15, -0.1) is 0 Å². The number of halogens is 2. The topological polar surface area (TPSA) is 59.3 Å². The fourth-order valence-corrected chi connectivity index (χ4v) is 1.83. The second-order valence-corrected chi connectivity index (χ2v) is 4.21. The number of carbonyl (C=O) groups is 1.